The maximum atomic E-state index is 14.9. The van der Waals surface area contributed by atoms with E-state index in [2.05, 4.69) is 19.1 Å². The zero-order chi connectivity index (χ0) is 24.9. The molecule has 4 heteroatoms. The molecule has 0 aromatic rings. The van der Waals surface area contributed by atoms with Crippen molar-refractivity contribution in [1.29, 1.82) is 0 Å². The molecule has 0 saturated heterocycles. The van der Waals surface area contributed by atoms with Gasteiger partial charge in [-0.25, -0.2) is 17.6 Å². The van der Waals surface area contributed by atoms with E-state index in [1.54, 1.807) is 18.2 Å². The van der Waals surface area contributed by atoms with Gasteiger partial charge in [0.05, 0.1) is 0 Å². The molecule has 0 bridgehead atoms. The summed E-state index contributed by atoms with van der Waals surface area (Å²) in [5, 5.41) is 0. The first-order valence-corrected chi connectivity index (χ1v) is 12.9. The highest BCUT2D eigenvalue weighted by atomic mass is 19.2. The predicted molar refractivity (Wildman–Crippen MR) is 136 cm³/mol. The van der Waals surface area contributed by atoms with Gasteiger partial charge in [0.25, 0.3) is 0 Å². The van der Waals surface area contributed by atoms with Crippen LogP contribution in [-0.2, 0) is 0 Å². The molecule has 4 unspecified atom stereocenters. The summed E-state index contributed by atoms with van der Waals surface area (Å²) in [7, 11) is 0. The fourth-order valence-corrected chi connectivity index (χ4v) is 5.32. The second kappa shape index (κ2) is 11.4. The molecule has 0 amide bonds. The lowest BCUT2D eigenvalue weighted by atomic mass is 9.79. The number of halogens is 4. The van der Waals surface area contributed by atoms with Gasteiger partial charge in [-0.15, -0.1) is 0 Å². The summed E-state index contributed by atoms with van der Waals surface area (Å²) >= 11 is 0. The van der Waals surface area contributed by atoms with Crippen molar-refractivity contribution in [2.24, 2.45) is 23.7 Å². The van der Waals surface area contributed by atoms with Crippen LogP contribution in [0.15, 0.2) is 106 Å². The third kappa shape index (κ3) is 5.63. The smallest absolute Gasteiger partial charge is 0.161 e. The molecule has 4 atom stereocenters. The Bertz CT molecular complexity index is 1100. The van der Waals surface area contributed by atoms with Crippen LogP contribution in [0.4, 0.5) is 17.6 Å². The third-order valence-corrected chi connectivity index (χ3v) is 7.57. The van der Waals surface area contributed by atoms with Crippen LogP contribution in [0.2, 0.25) is 0 Å². The van der Waals surface area contributed by atoms with E-state index in [0.717, 1.165) is 24.8 Å². The molecule has 0 aromatic carbocycles. The molecule has 0 spiro atoms. The lowest BCUT2D eigenvalue weighted by molar-refractivity contribution is 0.349. The molecule has 0 fully saturated rings. The Hall–Kier alpha value is -2.62. The van der Waals surface area contributed by atoms with E-state index in [1.807, 2.05) is 37.3 Å². The van der Waals surface area contributed by atoms with Crippen molar-refractivity contribution in [3.8, 4) is 0 Å². The van der Waals surface area contributed by atoms with Gasteiger partial charge in [0.2, 0.25) is 0 Å². The van der Waals surface area contributed by atoms with Crippen molar-refractivity contribution in [1.82, 2.24) is 0 Å². The van der Waals surface area contributed by atoms with E-state index in [9.17, 15) is 17.6 Å². The van der Waals surface area contributed by atoms with E-state index < -0.39 is 29.2 Å². The van der Waals surface area contributed by atoms with Crippen LogP contribution in [0.1, 0.15) is 58.8 Å². The van der Waals surface area contributed by atoms with E-state index in [0.29, 0.717) is 31.3 Å². The van der Waals surface area contributed by atoms with Crippen molar-refractivity contribution in [3.05, 3.63) is 106 Å². The fraction of sp³-hybridized carbons (Fsp3) is 0.419. The highest BCUT2D eigenvalue weighted by Crippen LogP contribution is 2.41. The summed E-state index contributed by atoms with van der Waals surface area (Å²) in [6, 6.07) is 0. The number of hydrogen-bond donors (Lipinski definition) is 0. The lowest BCUT2D eigenvalue weighted by Gasteiger charge is -2.27. The van der Waals surface area contributed by atoms with Gasteiger partial charge in [-0.1, -0.05) is 86.6 Å². The summed E-state index contributed by atoms with van der Waals surface area (Å²) < 4.78 is 58.6. The van der Waals surface area contributed by atoms with Crippen molar-refractivity contribution in [3.63, 3.8) is 0 Å². The minimum absolute atomic E-state index is 0.0231. The van der Waals surface area contributed by atoms with Crippen LogP contribution in [-0.4, -0.2) is 0 Å². The normalized spacial score (nSPS) is 29.4. The summed E-state index contributed by atoms with van der Waals surface area (Å²) in [6.07, 6.45) is 23.7. The molecule has 0 aliphatic heterocycles. The number of hydrogen-bond acceptors (Lipinski definition) is 0. The SMILES string of the molecule is CCCC1=CCC(C2CC=C(/C=C/C3=CCC(C4=CCC(CC)C(F)=C4F)C=C3)C(F)=C2F)C=C1. The molecule has 0 N–H and O–H groups in total. The lowest BCUT2D eigenvalue weighted by Crippen LogP contribution is -2.18. The van der Waals surface area contributed by atoms with Crippen molar-refractivity contribution >= 4 is 0 Å². The second-order valence-corrected chi connectivity index (χ2v) is 9.85. The van der Waals surface area contributed by atoms with Gasteiger partial charge in [0.15, 0.2) is 11.7 Å². The predicted octanol–water partition coefficient (Wildman–Crippen LogP) is 9.95. The highest BCUT2D eigenvalue weighted by molar-refractivity contribution is 5.47. The third-order valence-electron chi connectivity index (χ3n) is 7.57. The molecule has 4 rings (SSSR count). The van der Waals surface area contributed by atoms with Crippen LogP contribution >= 0.6 is 0 Å². The van der Waals surface area contributed by atoms with E-state index >= 15 is 0 Å². The Morgan fingerprint density at radius 3 is 2.29 bits per heavy atom. The van der Waals surface area contributed by atoms with Gasteiger partial charge in [-0.3, -0.25) is 0 Å². The zero-order valence-corrected chi connectivity index (χ0v) is 20.5. The molecule has 186 valence electrons. The molecule has 4 aliphatic carbocycles. The van der Waals surface area contributed by atoms with Crippen LogP contribution < -0.4 is 0 Å². The number of rotatable bonds is 7. The molecule has 0 heterocycles. The van der Waals surface area contributed by atoms with Gasteiger partial charge in [-0.05, 0) is 55.6 Å². The Kier molecular flexibility index (Phi) is 8.30. The highest BCUT2D eigenvalue weighted by Gasteiger charge is 2.31. The Morgan fingerprint density at radius 2 is 1.63 bits per heavy atom. The minimum atomic E-state index is -0.784. The van der Waals surface area contributed by atoms with E-state index in [4.69, 9.17) is 0 Å². The topological polar surface area (TPSA) is 0 Å². The average molecular weight is 483 g/mol. The maximum Gasteiger partial charge on any atom is 0.161 e. The Balaban J connectivity index is 1.37. The standard InChI is InChI=1S/C31H34F4/c1-3-5-20-6-11-23(12-7-20)27-19-17-25(29(33)31(27)35)15-10-21-8-13-24(14-9-21)26-18-16-22(4-2)28(32)30(26)34/h6-11,13,15,17-18,22-24,27H,3-5,12,14,16,19H2,1-2H3/b15-10+. The van der Waals surface area contributed by atoms with E-state index in [-0.39, 0.29) is 23.3 Å². The zero-order valence-electron chi connectivity index (χ0n) is 20.5. The molecule has 0 aromatic heterocycles. The fourth-order valence-electron chi connectivity index (χ4n) is 5.32. The molecular weight excluding hydrogens is 448 g/mol. The van der Waals surface area contributed by atoms with Gasteiger partial charge >= 0.3 is 0 Å². The molecular formula is C31H34F4. The van der Waals surface area contributed by atoms with Gasteiger partial charge < -0.3 is 0 Å². The summed E-state index contributed by atoms with van der Waals surface area (Å²) in [5.41, 5.74) is 2.78. The first kappa shape index (κ1) is 25.5. The van der Waals surface area contributed by atoms with Gasteiger partial charge in [-0.2, -0.15) is 0 Å². The molecule has 35 heavy (non-hydrogen) atoms. The van der Waals surface area contributed by atoms with E-state index in [1.165, 1.54) is 5.57 Å². The van der Waals surface area contributed by atoms with Crippen LogP contribution in [0.25, 0.3) is 0 Å². The molecule has 0 radical (unpaired) electrons. The minimum Gasteiger partial charge on any atom is -0.208 e. The first-order chi connectivity index (χ1) is 16.9. The largest absolute Gasteiger partial charge is 0.208 e. The van der Waals surface area contributed by atoms with Crippen molar-refractivity contribution < 1.29 is 17.6 Å². The second-order valence-electron chi connectivity index (χ2n) is 9.85. The van der Waals surface area contributed by atoms with Crippen molar-refractivity contribution in [2.75, 3.05) is 0 Å². The van der Waals surface area contributed by atoms with Gasteiger partial charge in [0.1, 0.15) is 11.7 Å². The van der Waals surface area contributed by atoms with Crippen LogP contribution in [0.5, 0.6) is 0 Å². The van der Waals surface area contributed by atoms with Gasteiger partial charge in [0, 0.05) is 23.3 Å². The number of allylic oxidation sites excluding steroid dienone is 18. The van der Waals surface area contributed by atoms with Crippen molar-refractivity contribution in [2.45, 2.75) is 58.8 Å². The maximum absolute atomic E-state index is 14.9. The average Bonchev–Trinajstić information content (AvgIpc) is 2.88. The van der Waals surface area contributed by atoms with Crippen LogP contribution in [0.3, 0.4) is 0 Å². The summed E-state index contributed by atoms with van der Waals surface area (Å²) in [5.74, 6) is -3.87. The first-order valence-electron chi connectivity index (χ1n) is 12.9. The monoisotopic (exact) mass is 482 g/mol. The summed E-state index contributed by atoms with van der Waals surface area (Å²) in [6.45, 7) is 3.99. The molecule has 0 nitrogen and oxygen atoms in total. The van der Waals surface area contributed by atoms with Crippen LogP contribution in [0, 0.1) is 23.7 Å². The molecule has 0 saturated carbocycles. The summed E-state index contributed by atoms with van der Waals surface area (Å²) in [4.78, 5) is 0. The molecule has 4 aliphatic rings. The Labute approximate surface area is 206 Å². The quantitative estimate of drug-likeness (QED) is 0.317. The Morgan fingerprint density at radius 1 is 0.800 bits per heavy atom.